The van der Waals surface area contributed by atoms with E-state index in [2.05, 4.69) is 32.2 Å². The van der Waals surface area contributed by atoms with E-state index in [1.165, 1.54) is 5.56 Å². The molecule has 0 aliphatic heterocycles. The minimum Gasteiger partial charge on any atom is -0.467 e. The van der Waals surface area contributed by atoms with E-state index < -0.39 is 0 Å². The van der Waals surface area contributed by atoms with Crippen molar-refractivity contribution in [2.45, 2.75) is 39.2 Å². The van der Waals surface area contributed by atoms with E-state index >= 15 is 0 Å². The maximum Gasteiger partial charge on any atom is 0.120 e. The lowest BCUT2D eigenvalue weighted by Gasteiger charge is -2.09. The zero-order valence-corrected chi connectivity index (χ0v) is 8.92. The predicted octanol–water partition coefficient (Wildman–Crippen LogP) is 3.07. The second-order valence-corrected chi connectivity index (χ2v) is 3.69. The summed E-state index contributed by atoms with van der Waals surface area (Å²) in [6.45, 7) is 6.50. The zero-order valence-electron chi connectivity index (χ0n) is 8.92. The molecule has 0 amide bonds. The van der Waals surface area contributed by atoms with E-state index in [-0.39, 0.29) is 0 Å². The molecule has 13 heavy (non-hydrogen) atoms. The van der Waals surface area contributed by atoms with Crippen LogP contribution >= 0.6 is 0 Å². The normalized spacial score (nSPS) is 13.6. The van der Waals surface area contributed by atoms with Gasteiger partial charge < -0.3 is 9.73 Å². The lowest BCUT2D eigenvalue weighted by molar-refractivity contribution is 0.423. The molecule has 0 aliphatic carbocycles. The standard InChI is InChI=1S/C11H19NO/c1-5-10(12-4)11-6-9(7-13-11)8(2)3/h6-8,10,12H,5H2,1-4H3/t10-/m1/s1. The molecule has 0 saturated carbocycles. The summed E-state index contributed by atoms with van der Waals surface area (Å²) < 4.78 is 5.51. The van der Waals surface area contributed by atoms with E-state index in [9.17, 15) is 0 Å². The molecule has 1 atom stereocenters. The van der Waals surface area contributed by atoms with Gasteiger partial charge in [0.15, 0.2) is 0 Å². The van der Waals surface area contributed by atoms with Gasteiger partial charge in [0.1, 0.15) is 5.76 Å². The molecule has 2 heteroatoms. The minimum atomic E-state index is 0.354. The molecule has 1 aromatic rings. The quantitative estimate of drug-likeness (QED) is 0.772. The van der Waals surface area contributed by atoms with Crippen LogP contribution in [0, 0.1) is 0 Å². The van der Waals surface area contributed by atoms with Crippen LogP contribution in [-0.2, 0) is 0 Å². The number of furan rings is 1. The van der Waals surface area contributed by atoms with Crippen LogP contribution in [0.5, 0.6) is 0 Å². The van der Waals surface area contributed by atoms with Gasteiger partial charge in [-0.2, -0.15) is 0 Å². The zero-order chi connectivity index (χ0) is 9.84. The molecule has 0 spiro atoms. The highest BCUT2D eigenvalue weighted by atomic mass is 16.3. The molecule has 1 heterocycles. The first-order valence-corrected chi connectivity index (χ1v) is 4.94. The van der Waals surface area contributed by atoms with Gasteiger partial charge in [-0.05, 0) is 31.0 Å². The summed E-state index contributed by atoms with van der Waals surface area (Å²) in [4.78, 5) is 0. The van der Waals surface area contributed by atoms with Crippen LogP contribution in [0.15, 0.2) is 16.7 Å². The van der Waals surface area contributed by atoms with Crippen molar-refractivity contribution < 1.29 is 4.42 Å². The Morgan fingerprint density at radius 2 is 2.15 bits per heavy atom. The van der Waals surface area contributed by atoms with Crippen LogP contribution in [0.2, 0.25) is 0 Å². The predicted molar refractivity (Wildman–Crippen MR) is 54.9 cm³/mol. The molecule has 1 rings (SSSR count). The Morgan fingerprint density at radius 3 is 2.54 bits per heavy atom. The Bertz CT molecular complexity index is 248. The van der Waals surface area contributed by atoms with Gasteiger partial charge in [-0.1, -0.05) is 20.8 Å². The first kappa shape index (κ1) is 10.3. The SMILES string of the molecule is CC[C@@H](NC)c1cc(C(C)C)co1. The maximum atomic E-state index is 5.51. The summed E-state index contributed by atoms with van der Waals surface area (Å²) in [5, 5.41) is 3.23. The van der Waals surface area contributed by atoms with Crippen molar-refractivity contribution in [3.8, 4) is 0 Å². The maximum absolute atomic E-state index is 5.51. The average molecular weight is 181 g/mol. The molecule has 0 fully saturated rings. The summed E-state index contributed by atoms with van der Waals surface area (Å²) in [5.41, 5.74) is 1.28. The van der Waals surface area contributed by atoms with Gasteiger partial charge in [-0.25, -0.2) is 0 Å². The van der Waals surface area contributed by atoms with Gasteiger partial charge in [0.2, 0.25) is 0 Å². The van der Waals surface area contributed by atoms with Crippen molar-refractivity contribution in [2.75, 3.05) is 7.05 Å². The highest BCUT2D eigenvalue weighted by Gasteiger charge is 2.12. The molecule has 1 aromatic heterocycles. The number of hydrogen-bond donors (Lipinski definition) is 1. The van der Waals surface area contributed by atoms with E-state index in [4.69, 9.17) is 4.42 Å². The lowest BCUT2D eigenvalue weighted by Crippen LogP contribution is -2.14. The fourth-order valence-electron chi connectivity index (χ4n) is 1.40. The average Bonchev–Trinajstić information content (AvgIpc) is 2.56. The van der Waals surface area contributed by atoms with Crippen molar-refractivity contribution in [1.82, 2.24) is 5.32 Å². The van der Waals surface area contributed by atoms with Gasteiger partial charge in [0.05, 0.1) is 12.3 Å². The van der Waals surface area contributed by atoms with Gasteiger partial charge in [0.25, 0.3) is 0 Å². The molecule has 0 bridgehead atoms. The number of rotatable bonds is 4. The molecular weight excluding hydrogens is 162 g/mol. The summed E-state index contributed by atoms with van der Waals surface area (Å²) in [7, 11) is 1.96. The van der Waals surface area contributed by atoms with Crippen LogP contribution in [0.25, 0.3) is 0 Å². The molecule has 2 nitrogen and oxygen atoms in total. The Morgan fingerprint density at radius 1 is 1.46 bits per heavy atom. The molecular formula is C11H19NO. The van der Waals surface area contributed by atoms with E-state index in [1.807, 2.05) is 13.3 Å². The van der Waals surface area contributed by atoms with Crippen LogP contribution < -0.4 is 5.32 Å². The second-order valence-electron chi connectivity index (χ2n) is 3.69. The smallest absolute Gasteiger partial charge is 0.120 e. The summed E-state index contributed by atoms with van der Waals surface area (Å²) in [5.74, 6) is 1.60. The Kier molecular flexibility index (Phi) is 3.55. The summed E-state index contributed by atoms with van der Waals surface area (Å²) in [6, 6.07) is 2.50. The van der Waals surface area contributed by atoms with Gasteiger partial charge >= 0.3 is 0 Å². The molecule has 0 unspecified atom stereocenters. The first-order valence-electron chi connectivity index (χ1n) is 4.94. The van der Waals surface area contributed by atoms with Crippen LogP contribution in [0.3, 0.4) is 0 Å². The van der Waals surface area contributed by atoms with Gasteiger partial charge in [-0.3, -0.25) is 0 Å². The number of nitrogens with one attached hydrogen (secondary N) is 1. The second kappa shape index (κ2) is 4.47. The molecule has 0 radical (unpaired) electrons. The van der Waals surface area contributed by atoms with Crippen molar-refractivity contribution in [3.05, 3.63) is 23.7 Å². The Labute approximate surface area is 80.3 Å². The highest BCUT2D eigenvalue weighted by molar-refractivity contribution is 5.18. The molecule has 74 valence electrons. The van der Waals surface area contributed by atoms with Crippen molar-refractivity contribution in [2.24, 2.45) is 0 Å². The largest absolute Gasteiger partial charge is 0.467 e. The minimum absolute atomic E-state index is 0.354. The fraction of sp³-hybridized carbons (Fsp3) is 0.636. The van der Waals surface area contributed by atoms with E-state index in [0.29, 0.717) is 12.0 Å². The highest BCUT2D eigenvalue weighted by Crippen LogP contribution is 2.23. The van der Waals surface area contributed by atoms with Crippen molar-refractivity contribution in [1.29, 1.82) is 0 Å². The fourth-order valence-corrected chi connectivity index (χ4v) is 1.40. The van der Waals surface area contributed by atoms with Gasteiger partial charge in [0, 0.05) is 0 Å². The monoisotopic (exact) mass is 181 g/mol. The Hall–Kier alpha value is -0.760. The molecule has 1 N–H and O–H groups in total. The van der Waals surface area contributed by atoms with E-state index in [1.54, 1.807) is 0 Å². The molecule has 0 aliphatic rings. The first-order chi connectivity index (χ1) is 6.19. The third-order valence-corrected chi connectivity index (χ3v) is 2.41. The number of hydrogen-bond acceptors (Lipinski definition) is 2. The van der Waals surface area contributed by atoms with Crippen LogP contribution in [0.1, 0.15) is 50.5 Å². The Balaban J connectivity index is 2.78. The van der Waals surface area contributed by atoms with E-state index in [0.717, 1.165) is 12.2 Å². The summed E-state index contributed by atoms with van der Waals surface area (Å²) in [6.07, 6.45) is 2.92. The van der Waals surface area contributed by atoms with Crippen molar-refractivity contribution >= 4 is 0 Å². The molecule has 0 saturated heterocycles. The topological polar surface area (TPSA) is 25.2 Å². The third-order valence-electron chi connectivity index (χ3n) is 2.41. The lowest BCUT2D eigenvalue weighted by atomic mass is 10.1. The van der Waals surface area contributed by atoms with Crippen molar-refractivity contribution in [3.63, 3.8) is 0 Å². The van der Waals surface area contributed by atoms with Crippen LogP contribution in [0.4, 0.5) is 0 Å². The molecule has 0 aromatic carbocycles. The third kappa shape index (κ3) is 2.34. The summed E-state index contributed by atoms with van der Waals surface area (Å²) >= 11 is 0. The van der Waals surface area contributed by atoms with Gasteiger partial charge in [-0.15, -0.1) is 0 Å². The van der Waals surface area contributed by atoms with Crippen LogP contribution in [-0.4, -0.2) is 7.05 Å².